The Kier molecular flexibility index (Phi) is 5.72. The van der Waals surface area contributed by atoms with Crippen LogP contribution in [0.5, 0.6) is 11.5 Å². The predicted molar refractivity (Wildman–Crippen MR) is 96.1 cm³/mol. The van der Waals surface area contributed by atoms with Crippen molar-refractivity contribution in [3.63, 3.8) is 0 Å². The molecule has 1 atom stereocenters. The van der Waals surface area contributed by atoms with Crippen molar-refractivity contribution in [2.45, 2.75) is 19.5 Å². The molecule has 1 aliphatic heterocycles. The van der Waals surface area contributed by atoms with Gasteiger partial charge in [0.05, 0.1) is 14.2 Å². The highest BCUT2D eigenvalue weighted by Gasteiger charge is 2.26. The van der Waals surface area contributed by atoms with E-state index in [1.54, 1.807) is 25.2 Å². The van der Waals surface area contributed by atoms with Crippen molar-refractivity contribution in [2.24, 2.45) is 0 Å². The summed E-state index contributed by atoms with van der Waals surface area (Å²) in [6, 6.07) is 5.54. The summed E-state index contributed by atoms with van der Waals surface area (Å²) in [7, 11) is 3.31. The third-order valence-electron chi connectivity index (χ3n) is 4.76. The molecule has 26 heavy (non-hydrogen) atoms. The van der Waals surface area contributed by atoms with Crippen molar-refractivity contribution >= 4 is 5.91 Å². The molecule has 1 aromatic carbocycles. The Bertz CT molecular complexity index is 726. The van der Waals surface area contributed by atoms with Gasteiger partial charge in [-0.1, -0.05) is 6.07 Å². The molecule has 1 saturated heterocycles. The van der Waals surface area contributed by atoms with Gasteiger partial charge in [0.25, 0.3) is 0 Å². The van der Waals surface area contributed by atoms with Crippen LogP contribution in [-0.2, 0) is 11.3 Å². The van der Waals surface area contributed by atoms with Crippen LogP contribution in [0.3, 0.4) is 0 Å². The van der Waals surface area contributed by atoms with Crippen LogP contribution in [0.1, 0.15) is 18.5 Å². The molecule has 140 valence electrons. The molecule has 3 rings (SSSR count). The molecule has 8 nitrogen and oxygen atoms in total. The highest BCUT2D eigenvalue weighted by Crippen LogP contribution is 2.26. The molecule has 0 aliphatic carbocycles. The monoisotopic (exact) mass is 359 g/mol. The normalized spacial score (nSPS) is 16.3. The zero-order chi connectivity index (χ0) is 18.5. The topological polar surface area (TPSA) is 72.7 Å². The molecule has 1 unspecified atom stereocenters. The third kappa shape index (κ3) is 3.96. The van der Waals surface area contributed by atoms with Crippen molar-refractivity contribution in [1.29, 1.82) is 0 Å². The van der Waals surface area contributed by atoms with E-state index in [-0.39, 0.29) is 11.9 Å². The highest BCUT2D eigenvalue weighted by molar-refractivity contribution is 5.80. The third-order valence-corrected chi connectivity index (χ3v) is 4.76. The van der Waals surface area contributed by atoms with E-state index >= 15 is 0 Å². The van der Waals surface area contributed by atoms with Gasteiger partial charge in [0.1, 0.15) is 30.2 Å². The Hall–Kier alpha value is -2.61. The lowest BCUT2D eigenvalue weighted by molar-refractivity contribution is -0.136. The van der Waals surface area contributed by atoms with Crippen LogP contribution in [-0.4, -0.2) is 70.9 Å². The zero-order valence-electron chi connectivity index (χ0n) is 15.5. The van der Waals surface area contributed by atoms with E-state index in [1.807, 2.05) is 30.0 Å². The number of carbonyl (C=O) groups excluding carboxylic acids is 1. The summed E-state index contributed by atoms with van der Waals surface area (Å²) < 4.78 is 12.3. The number of nitrogens with zero attached hydrogens (tertiary/aromatic N) is 5. The molecule has 0 bridgehead atoms. The first kappa shape index (κ1) is 18.2. The van der Waals surface area contributed by atoms with E-state index in [9.17, 15) is 4.79 Å². The standard InChI is InChI=1S/C18H25N5O3/c1-14(23-13-19-12-20-23)18(24)22-8-6-21(7-9-22)11-15-4-5-16(25-2)10-17(15)26-3/h4-5,10,12-14H,6-9,11H2,1-3H3. The minimum absolute atomic E-state index is 0.0807. The molecule has 0 spiro atoms. The number of benzene rings is 1. The van der Waals surface area contributed by atoms with Crippen LogP contribution in [0, 0.1) is 0 Å². The quantitative estimate of drug-likeness (QED) is 0.772. The van der Waals surface area contributed by atoms with Crippen molar-refractivity contribution in [1.82, 2.24) is 24.6 Å². The van der Waals surface area contributed by atoms with E-state index in [2.05, 4.69) is 15.0 Å². The minimum atomic E-state index is -0.328. The summed E-state index contributed by atoms with van der Waals surface area (Å²) in [5, 5.41) is 4.06. The Morgan fingerprint density at radius 1 is 1.19 bits per heavy atom. The summed E-state index contributed by atoms with van der Waals surface area (Å²) in [5.41, 5.74) is 1.11. The maximum Gasteiger partial charge on any atom is 0.247 e. The molecule has 1 amide bonds. The average molecular weight is 359 g/mol. The van der Waals surface area contributed by atoms with E-state index in [4.69, 9.17) is 9.47 Å². The second kappa shape index (κ2) is 8.18. The number of hydrogen-bond acceptors (Lipinski definition) is 6. The molecule has 1 aromatic heterocycles. The number of rotatable bonds is 6. The van der Waals surface area contributed by atoms with Crippen LogP contribution in [0.25, 0.3) is 0 Å². The van der Waals surface area contributed by atoms with E-state index in [0.717, 1.165) is 36.7 Å². The molecule has 2 aromatic rings. The maximum absolute atomic E-state index is 12.6. The Balaban J connectivity index is 1.56. The SMILES string of the molecule is COc1ccc(CN2CCN(C(=O)C(C)n3cncn3)CC2)c(OC)c1. The van der Waals surface area contributed by atoms with Gasteiger partial charge < -0.3 is 14.4 Å². The van der Waals surface area contributed by atoms with Gasteiger partial charge in [0, 0.05) is 44.4 Å². The van der Waals surface area contributed by atoms with Gasteiger partial charge in [-0.25, -0.2) is 9.67 Å². The number of aromatic nitrogens is 3. The Morgan fingerprint density at radius 2 is 1.96 bits per heavy atom. The summed E-state index contributed by atoms with van der Waals surface area (Å²) in [6.45, 7) is 5.70. The molecule has 1 aliphatic rings. The number of ether oxygens (including phenoxy) is 2. The fraction of sp³-hybridized carbons (Fsp3) is 0.500. The van der Waals surface area contributed by atoms with Gasteiger partial charge in [-0.15, -0.1) is 0 Å². The van der Waals surface area contributed by atoms with Crippen molar-refractivity contribution in [2.75, 3.05) is 40.4 Å². The average Bonchev–Trinajstić information content (AvgIpc) is 3.22. The first-order valence-corrected chi connectivity index (χ1v) is 8.68. The smallest absolute Gasteiger partial charge is 0.247 e. The number of piperazine rings is 1. The van der Waals surface area contributed by atoms with Crippen molar-refractivity contribution in [3.8, 4) is 11.5 Å². The van der Waals surface area contributed by atoms with Gasteiger partial charge in [-0.3, -0.25) is 9.69 Å². The fourth-order valence-electron chi connectivity index (χ4n) is 3.14. The number of amides is 1. The van der Waals surface area contributed by atoms with Crippen LogP contribution in [0.15, 0.2) is 30.9 Å². The number of methoxy groups -OCH3 is 2. The number of hydrogen-bond donors (Lipinski definition) is 0. The van der Waals surface area contributed by atoms with Crippen molar-refractivity contribution < 1.29 is 14.3 Å². The largest absolute Gasteiger partial charge is 0.497 e. The van der Waals surface area contributed by atoms with E-state index in [1.165, 1.54) is 6.33 Å². The van der Waals surface area contributed by atoms with E-state index in [0.29, 0.717) is 13.1 Å². The molecule has 1 fully saturated rings. The fourth-order valence-corrected chi connectivity index (χ4v) is 3.14. The lowest BCUT2D eigenvalue weighted by atomic mass is 10.1. The van der Waals surface area contributed by atoms with Gasteiger partial charge >= 0.3 is 0 Å². The Labute approximate surface area is 153 Å². The summed E-state index contributed by atoms with van der Waals surface area (Å²) in [5.74, 6) is 1.68. The molecular weight excluding hydrogens is 334 g/mol. The molecule has 0 saturated carbocycles. The lowest BCUT2D eigenvalue weighted by Crippen LogP contribution is -2.50. The van der Waals surface area contributed by atoms with Crippen molar-refractivity contribution in [3.05, 3.63) is 36.4 Å². The molecule has 2 heterocycles. The molecule has 0 radical (unpaired) electrons. The van der Waals surface area contributed by atoms with Gasteiger partial charge in [-0.2, -0.15) is 5.10 Å². The summed E-state index contributed by atoms with van der Waals surface area (Å²) in [6.07, 6.45) is 3.03. The molecule has 0 N–H and O–H groups in total. The first-order chi connectivity index (χ1) is 12.6. The maximum atomic E-state index is 12.6. The van der Waals surface area contributed by atoms with Crippen LogP contribution < -0.4 is 9.47 Å². The van der Waals surface area contributed by atoms with Gasteiger partial charge in [-0.05, 0) is 13.0 Å². The first-order valence-electron chi connectivity index (χ1n) is 8.68. The second-order valence-electron chi connectivity index (χ2n) is 6.33. The second-order valence-corrected chi connectivity index (χ2v) is 6.33. The van der Waals surface area contributed by atoms with Crippen LogP contribution in [0.2, 0.25) is 0 Å². The predicted octanol–water partition coefficient (Wildman–Crippen LogP) is 1.20. The lowest BCUT2D eigenvalue weighted by Gasteiger charge is -2.36. The zero-order valence-corrected chi connectivity index (χ0v) is 15.5. The van der Waals surface area contributed by atoms with Gasteiger partial charge in [0.2, 0.25) is 5.91 Å². The Morgan fingerprint density at radius 3 is 2.58 bits per heavy atom. The molecule has 8 heteroatoms. The highest BCUT2D eigenvalue weighted by atomic mass is 16.5. The molecular formula is C18H25N5O3. The van der Waals surface area contributed by atoms with Crippen LogP contribution in [0.4, 0.5) is 0 Å². The minimum Gasteiger partial charge on any atom is -0.497 e. The summed E-state index contributed by atoms with van der Waals surface area (Å²) >= 11 is 0. The number of carbonyl (C=O) groups is 1. The van der Waals surface area contributed by atoms with Crippen LogP contribution >= 0.6 is 0 Å². The van der Waals surface area contributed by atoms with E-state index < -0.39 is 0 Å². The van der Waals surface area contributed by atoms with Gasteiger partial charge in [0.15, 0.2) is 0 Å². The summed E-state index contributed by atoms with van der Waals surface area (Å²) in [4.78, 5) is 20.8.